The first-order valence-electron chi connectivity index (χ1n) is 7.13. The third kappa shape index (κ3) is 2.62. The van der Waals surface area contributed by atoms with Gasteiger partial charge >= 0.3 is 0 Å². The maximum Gasteiger partial charge on any atom is 0.262 e. The van der Waals surface area contributed by atoms with Crippen molar-refractivity contribution in [2.45, 2.75) is 17.4 Å². The van der Waals surface area contributed by atoms with Gasteiger partial charge in [0.05, 0.1) is 13.4 Å². The molecule has 118 valence electrons. The molecule has 1 fully saturated rings. The van der Waals surface area contributed by atoms with Crippen molar-refractivity contribution in [3.63, 3.8) is 0 Å². The van der Waals surface area contributed by atoms with Crippen LogP contribution in [0.3, 0.4) is 0 Å². The van der Waals surface area contributed by atoms with Crippen molar-refractivity contribution in [3.05, 3.63) is 42.4 Å². The fourth-order valence-corrected chi connectivity index (χ4v) is 4.32. The van der Waals surface area contributed by atoms with Crippen molar-refractivity contribution in [1.29, 1.82) is 0 Å². The van der Waals surface area contributed by atoms with E-state index in [1.54, 1.807) is 18.7 Å². The number of hydrogen-bond donors (Lipinski definition) is 0. The number of ether oxygens (including phenoxy) is 1. The average molecular weight is 321 g/mol. The molecule has 1 saturated heterocycles. The van der Waals surface area contributed by atoms with Crippen LogP contribution >= 0.6 is 0 Å². The van der Waals surface area contributed by atoms with Crippen molar-refractivity contribution >= 4 is 10.0 Å². The number of para-hydroxylation sites is 1. The SMILES string of the molecule is COc1ccccc1C1CCN(S(=O)(=O)c2cn(C)cn2)C1. The summed E-state index contributed by atoms with van der Waals surface area (Å²) in [5, 5.41) is 0.107. The van der Waals surface area contributed by atoms with Crippen molar-refractivity contribution in [2.75, 3.05) is 20.2 Å². The van der Waals surface area contributed by atoms with E-state index in [2.05, 4.69) is 4.98 Å². The van der Waals surface area contributed by atoms with Crippen LogP contribution in [0.4, 0.5) is 0 Å². The quantitative estimate of drug-likeness (QED) is 0.858. The summed E-state index contributed by atoms with van der Waals surface area (Å²) in [5.74, 6) is 0.958. The van der Waals surface area contributed by atoms with Gasteiger partial charge in [-0.25, -0.2) is 13.4 Å². The van der Waals surface area contributed by atoms with E-state index in [4.69, 9.17) is 4.74 Å². The highest BCUT2D eigenvalue weighted by molar-refractivity contribution is 7.89. The van der Waals surface area contributed by atoms with E-state index in [0.29, 0.717) is 13.1 Å². The lowest BCUT2D eigenvalue weighted by Crippen LogP contribution is -2.29. The van der Waals surface area contributed by atoms with E-state index >= 15 is 0 Å². The van der Waals surface area contributed by atoms with Gasteiger partial charge in [-0.3, -0.25) is 0 Å². The Balaban J connectivity index is 1.83. The van der Waals surface area contributed by atoms with E-state index < -0.39 is 10.0 Å². The Kier molecular flexibility index (Phi) is 3.92. The maximum absolute atomic E-state index is 12.6. The second-order valence-corrected chi connectivity index (χ2v) is 7.35. The zero-order valence-corrected chi connectivity index (χ0v) is 13.5. The molecule has 1 atom stereocenters. The first-order chi connectivity index (χ1) is 10.5. The Morgan fingerprint density at radius 2 is 2.09 bits per heavy atom. The monoisotopic (exact) mass is 321 g/mol. The smallest absolute Gasteiger partial charge is 0.262 e. The van der Waals surface area contributed by atoms with Gasteiger partial charge in [0.15, 0.2) is 5.03 Å². The molecule has 0 radical (unpaired) electrons. The molecule has 1 aliphatic heterocycles. The maximum atomic E-state index is 12.6. The normalized spacial score (nSPS) is 19.5. The molecule has 1 aliphatic rings. The van der Waals surface area contributed by atoms with E-state index in [0.717, 1.165) is 17.7 Å². The second-order valence-electron chi connectivity index (χ2n) is 5.47. The number of sulfonamides is 1. The van der Waals surface area contributed by atoms with Gasteiger partial charge in [-0.2, -0.15) is 4.31 Å². The average Bonchev–Trinajstić information content (AvgIpc) is 3.16. The fourth-order valence-electron chi connectivity index (χ4n) is 2.86. The van der Waals surface area contributed by atoms with Gasteiger partial charge in [-0.1, -0.05) is 18.2 Å². The summed E-state index contributed by atoms with van der Waals surface area (Å²) in [4.78, 5) is 3.97. The Morgan fingerprint density at radius 1 is 1.32 bits per heavy atom. The van der Waals surface area contributed by atoms with Crippen LogP contribution in [-0.4, -0.2) is 42.5 Å². The van der Waals surface area contributed by atoms with E-state index in [1.165, 1.54) is 16.8 Å². The molecule has 22 heavy (non-hydrogen) atoms. The number of nitrogens with zero attached hydrogens (tertiary/aromatic N) is 3. The van der Waals surface area contributed by atoms with Crippen LogP contribution in [0.15, 0.2) is 41.8 Å². The second kappa shape index (κ2) is 5.73. The lowest BCUT2D eigenvalue weighted by molar-refractivity contribution is 0.404. The topological polar surface area (TPSA) is 64.4 Å². The van der Waals surface area contributed by atoms with Crippen LogP contribution in [0.2, 0.25) is 0 Å². The zero-order valence-electron chi connectivity index (χ0n) is 12.6. The van der Waals surface area contributed by atoms with Crippen LogP contribution in [0.5, 0.6) is 5.75 Å². The summed E-state index contributed by atoms with van der Waals surface area (Å²) in [6, 6.07) is 7.78. The van der Waals surface area contributed by atoms with Crippen LogP contribution in [0.25, 0.3) is 0 Å². The summed E-state index contributed by atoms with van der Waals surface area (Å²) in [5.41, 5.74) is 1.06. The number of methoxy groups -OCH3 is 1. The van der Waals surface area contributed by atoms with E-state index in [9.17, 15) is 8.42 Å². The van der Waals surface area contributed by atoms with E-state index in [-0.39, 0.29) is 10.9 Å². The van der Waals surface area contributed by atoms with Crippen molar-refractivity contribution in [2.24, 2.45) is 7.05 Å². The summed E-state index contributed by atoms with van der Waals surface area (Å²) in [6.45, 7) is 0.959. The van der Waals surface area contributed by atoms with Gasteiger partial charge in [-0.05, 0) is 18.1 Å². The van der Waals surface area contributed by atoms with Crippen LogP contribution in [-0.2, 0) is 17.1 Å². The lowest BCUT2D eigenvalue weighted by atomic mass is 9.97. The van der Waals surface area contributed by atoms with Crippen molar-refractivity contribution < 1.29 is 13.2 Å². The van der Waals surface area contributed by atoms with Crippen LogP contribution < -0.4 is 4.74 Å². The molecule has 0 bridgehead atoms. The van der Waals surface area contributed by atoms with Gasteiger partial charge in [-0.15, -0.1) is 0 Å². The van der Waals surface area contributed by atoms with Gasteiger partial charge in [0.2, 0.25) is 0 Å². The molecule has 6 nitrogen and oxygen atoms in total. The molecular weight excluding hydrogens is 302 g/mol. The number of benzene rings is 1. The third-order valence-corrected chi connectivity index (χ3v) is 5.77. The minimum absolute atomic E-state index is 0.107. The Hall–Kier alpha value is -1.86. The molecule has 1 aromatic heterocycles. The summed E-state index contributed by atoms with van der Waals surface area (Å²) in [7, 11) is -0.125. The molecule has 2 heterocycles. The number of aromatic nitrogens is 2. The first kappa shape index (κ1) is 15.1. The molecule has 0 amide bonds. The Morgan fingerprint density at radius 3 is 2.77 bits per heavy atom. The molecular formula is C15H19N3O3S. The number of rotatable bonds is 4. The predicted octanol–water partition coefficient (Wildman–Crippen LogP) is 1.61. The Bertz CT molecular complexity index is 770. The summed E-state index contributed by atoms with van der Waals surface area (Å²) in [6.07, 6.45) is 3.82. The van der Waals surface area contributed by atoms with Gasteiger partial charge < -0.3 is 9.30 Å². The molecule has 7 heteroatoms. The van der Waals surface area contributed by atoms with Crippen LogP contribution in [0.1, 0.15) is 17.9 Å². The minimum atomic E-state index is -3.52. The van der Waals surface area contributed by atoms with Crippen LogP contribution in [0, 0.1) is 0 Å². The Labute approximate surface area is 130 Å². The van der Waals surface area contributed by atoms with Crippen molar-refractivity contribution in [3.8, 4) is 5.75 Å². The molecule has 1 unspecified atom stereocenters. The molecule has 0 spiro atoms. The highest BCUT2D eigenvalue weighted by atomic mass is 32.2. The predicted molar refractivity (Wildman–Crippen MR) is 82.3 cm³/mol. The number of aryl methyl sites for hydroxylation is 1. The van der Waals surface area contributed by atoms with Crippen molar-refractivity contribution in [1.82, 2.24) is 13.9 Å². The number of hydrogen-bond acceptors (Lipinski definition) is 4. The molecule has 0 aliphatic carbocycles. The summed E-state index contributed by atoms with van der Waals surface area (Å²) >= 11 is 0. The van der Waals surface area contributed by atoms with Gasteiger partial charge in [0, 0.05) is 32.3 Å². The van der Waals surface area contributed by atoms with Gasteiger partial charge in [0.1, 0.15) is 5.75 Å². The molecule has 0 N–H and O–H groups in total. The standard InChI is InChI=1S/C15H19N3O3S/c1-17-10-15(16-11-17)22(19,20)18-8-7-12(9-18)13-5-3-4-6-14(13)21-2/h3-6,10-12H,7-9H2,1-2H3. The first-order valence-corrected chi connectivity index (χ1v) is 8.57. The summed E-state index contributed by atoms with van der Waals surface area (Å²) < 4.78 is 33.7. The highest BCUT2D eigenvalue weighted by Gasteiger charge is 2.35. The molecule has 2 aromatic rings. The van der Waals surface area contributed by atoms with E-state index in [1.807, 2.05) is 24.3 Å². The molecule has 3 rings (SSSR count). The van der Waals surface area contributed by atoms with Gasteiger partial charge in [0.25, 0.3) is 10.0 Å². The lowest BCUT2D eigenvalue weighted by Gasteiger charge is -2.16. The minimum Gasteiger partial charge on any atom is -0.496 e. The largest absolute Gasteiger partial charge is 0.496 e. The number of imidazole rings is 1. The molecule has 0 saturated carbocycles. The third-order valence-electron chi connectivity index (χ3n) is 4.02. The highest BCUT2D eigenvalue weighted by Crippen LogP contribution is 2.35. The zero-order chi connectivity index (χ0) is 15.7. The fraction of sp³-hybridized carbons (Fsp3) is 0.400. The molecule has 1 aromatic carbocycles.